The van der Waals surface area contributed by atoms with Crippen LogP contribution in [0.5, 0.6) is 5.75 Å². The van der Waals surface area contributed by atoms with Crippen molar-refractivity contribution in [3.05, 3.63) is 65.9 Å². The second kappa shape index (κ2) is 7.61. The van der Waals surface area contributed by atoms with E-state index in [1.165, 1.54) is 11.3 Å². The highest BCUT2D eigenvalue weighted by molar-refractivity contribution is 7.19. The molecule has 8 heteroatoms. The van der Waals surface area contributed by atoms with Crippen molar-refractivity contribution < 1.29 is 14.1 Å². The van der Waals surface area contributed by atoms with Gasteiger partial charge < -0.3 is 9.26 Å². The van der Waals surface area contributed by atoms with E-state index in [0.29, 0.717) is 33.9 Å². The summed E-state index contributed by atoms with van der Waals surface area (Å²) in [5.41, 5.74) is 2.05. The third-order valence-corrected chi connectivity index (χ3v) is 5.06. The lowest BCUT2D eigenvalue weighted by Gasteiger charge is -2.04. The number of amides is 1. The first kappa shape index (κ1) is 17.9. The largest absolute Gasteiger partial charge is 0.497 e. The van der Waals surface area contributed by atoms with Gasteiger partial charge in [-0.05, 0) is 25.1 Å². The van der Waals surface area contributed by atoms with Crippen molar-refractivity contribution in [2.45, 2.75) is 6.92 Å². The van der Waals surface area contributed by atoms with Gasteiger partial charge in [0.2, 0.25) is 5.82 Å². The summed E-state index contributed by atoms with van der Waals surface area (Å²) in [6, 6.07) is 16.5. The number of hydrogen-bond acceptors (Lipinski definition) is 7. The molecule has 0 aliphatic heterocycles. The standard InChI is InChI=1S/C20H16N4O3S/c1-12-16(19-22-17(24-27-19)13-7-4-3-5-8-13)28-20(21-12)23-18(25)14-9-6-10-15(11-14)26-2/h3-11H,1-2H3,(H,21,23,25). The number of thiazole rings is 1. The Morgan fingerprint density at radius 1 is 1.11 bits per heavy atom. The molecule has 0 aliphatic rings. The van der Waals surface area contributed by atoms with Crippen molar-refractivity contribution in [3.63, 3.8) is 0 Å². The molecule has 28 heavy (non-hydrogen) atoms. The van der Waals surface area contributed by atoms with E-state index in [0.717, 1.165) is 10.4 Å². The van der Waals surface area contributed by atoms with E-state index >= 15 is 0 Å². The van der Waals surface area contributed by atoms with E-state index in [-0.39, 0.29) is 5.91 Å². The Kier molecular flexibility index (Phi) is 4.86. The molecule has 0 radical (unpaired) electrons. The minimum Gasteiger partial charge on any atom is -0.497 e. The van der Waals surface area contributed by atoms with Gasteiger partial charge in [0.15, 0.2) is 5.13 Å². The number of hydrogen-bond donors (Lipinski definition) is 1. The molecule has 4 rings (SSSR count). The maximum atomic E-state index is 12.5. The Balaban J connectivity index is 1.56. The molecule has 0 saturated carbocycles. The van der Waals surface area contributed by atoms with Crippen molar-refractivity contribution in [3.8, 4) is 27.9 Å². The lowest BCUT2D eigenvalue weighted by atomic mass is 10.2. The summed E-state index contributed by atoms with van der Waals surface area (Å²) >= 11 is 1.28. The number of rotatable bonds is 5. The van der Waals surface area contributed by atoms with E-state index in [1.54, 1.807) is 31.4 Å². The highest BCUT2D eigenvalue weighted by Crippen LogP contribution is 2.33. The molecule has 2 aromatic heterocycles. The number of benzene rings is 2. The first-order valence-electron chi connectivity index (χ1n) is 8.46. The van der Waals surface area contributed by atoms with Gasteiger partial charge in [-0.15, -0.1) is 0 Å². The molecule has 0 atom stereocenters. The van der Waals surface area contributed by atoms with Crippen molar-refractivity contribution in [1.29, 1.82) is 0 Å². The predicted molar refractivity (Wildman–Crippen MR) is 107 cm³/mol. The van der Waals surface area contributed by atoms with Crippen LogP contribution in [0.15, 0.2) is 59.1 Å². The SMILES string of the molecule is COc1cccc(C(=O)Nc2nc(C)c(-c3nc(-c4ccccc4)no3)s2)c1. The van der Waals surface area contributed by atoms with Crippen molar-refractivity contribution >= 4 is 22.4 Å². The molecule has 0 unspecified atom stereocenters. The van der Waals surface area contributed by atoms with Gasteiger partial charge >= 0.3 is 0 Å². The van der Waals surface area contributed by atoms with Crippen molar-refractivity contribution in [2.75, 3.05) is 12.4 Å². The quantitative estimate of drug-likeness (QED) is 0.540. The number of ether oxygens (including phenoxy) is 1. The number of aromatic nitrogens is 3. The summed E-state index contributed by atoms with van der Waals surface area (Å²) in [5.74, 6) is 1.22. The molecule has 2 heterocycles. The van der Waals surface area contributed by atoms with Gasteiger partial charge in [-0.2, -0.15) is 4.98 Å². The molecular weight excluding hydrogens is 376 g/mol. The summed E-state index contributed by atoms with van der Waals surface area (Å²) in [7, 11) is 1.56. The average Bonchev–Trinajstić information content (AvgIpc) is 3.35. The number of nitrogens with one attached hydrogen (secondary N) is 1. The third kappa shape index (κ3) is 3.63. The van der Waals surface area contributed by atoms with Gasteiger partial charge in [0, 0.05) is 11.1 Å². The molecule has 1 N–H and O–H groups in total. The number of carbonyl (C=O) groups excluding carboxylic acids is 1. The van der Waals surface area contributed by atoms with Gasteiger partial charge in [-0.1, -0.05) is 52.9 Å². The molecule has 0 aliphatic carbocycles. The van der Waals surface area contributed by atoms with E-state index < -0.39 is 0 Å². The van der Waals surface area contributed by atoms with Crippen LogP contribution in [0.25, 0.3) is 22.2 Å². The van der Waals surface area contributed by atoms with Gasteiger partial charge in [-0.3, -0.25) is 10.1 Å². The first-order valence-corrected chi connectivity index (χ1v) is 9.28. The van der Waals surface area contributed by atoms with Crippen LogP contribution in [0.1, 0.15) is 16.1 Å². The molecule has 0 saturated heterocycles. The Morgan fingerprint density at radius 3 is 2.71 bits per heavy atom. The number of nitrogens with zero attached hydrogens (tertiary/aromatic N) is 3. The Morgan fingerprint density at radius 2 is 1.93 bits per heavy atom. The maximum Gasteiger partial charge on any atom is 0.270 e. The maximum absolute atomic E-state index is 12.5. The Bertz CT molecular complexity index is 1120. The van der Waals surface area contributed by atoms with Crippen molar-refractivity contribution in [2.24, 2.45) is 0 Å². The molecule has 0 spiro atoms. The summed E-state index contributed by atoms with van der Waals surface area (Å²) in [6.07, 6.45) is 0. The first-order chi connectivity index (χ1) is 13.6. The molecule has 7 nitrogen and oxygen atoms in total. The highest BCUT2D eigenvalue weighted by Gasteiger charge is 2.18. The minimum atomic E-state index is -0.269. The Labute approximate surface area is 165 Å². The Hall–Kier alpha value is -3.52. The van der Waals surface area contributed by atoms with Crippen LogP contribution in [0.4, 0.5) is 5.13 Å². The van der Waals surface area contributed by atoms with Crippen LogP contribution in [0.2, 0.25) is 0 Å². The second-order valence-corrected chi connectivity index (χ2v) is 6.91. The normalized spacial score (nSPS) is 10.6. The second-order valence-electron chi connectivity index (χ2n) is 5.91. The molecule has 0 bridgehead atoms. The molecule has 4 aromatic rings. The molecule has 1 amide bonds. The smallest absolute Gasteiger partial charge is 0.270 e. The molecule has 140 valence electrons. The zero-order valence-corrected chi connectivity index (χ0v) is 16.0. The lowest BCUT2D eigenvalue weighted by molar-refractivity contribution is 0.102. The van der Waals surface area contributed by atoms with Crippen LogP contribution < -0.4 is 10.1 Å². The third-order valence-electron chi connectivity index (χ3n) is 4.00. The van der Waals surface area contributed by atoms with Crippen LogP contribution in [-0.2, 0) is 0 Å². The molecule has 0 fully saturated rings. The van der Waals surface area contributed by atoms with Gasteiger partial charge in [0.25, 0.3) is 11.8 Å². The summed E-state index contributed by atoms with van der Waals surface area (Å²) in [4.78, 5) is 22.0. The van der Waals surface area contributed by atoms with Crippen LogP contribution in [0, 0.1) is 6.92 Å². The van der Waals surface area contributed by atoms with Crippen LogP contribution in [-0.4, -0.2) is 28.1 Å². The fourth-order valence-corrected chi connectivity index (χ4v) is 3.49. The molecular formula is C20H16N4O3S. The fourth-order valence-electron chi connectivity index (χ4n) is 2.60. The van der Waals surface area contributed by atoms with E-state index in [2.05, 4.69) is 20.4 Å². The van der Waals surface area contributed by atoms with Crippen LogP contribution >= 0.6 is 11.3 Å². The summed E-state index contributed by atoms with van der Waals surface area (Å²) in [5, 5.41) is 7.29. The number of aryl methyl sites for hydroxylation is 1. The van der Waals surface area contributed by atoms with E-state index in [4.69, 9.17) is 9.26 Å². The minimum absolute atomic E-state index is 0.269. The fraction of sp³-hybridized carbons (Fsp3) is 0.100. The predicted octanol–water partition coefficient (Wildman–Crippen LogP) is 4.43. The zero-order chi connectivity index (χ0) is 19.5. The van der Waals surface area contributed by atoms with Crippen LogP contribution in [0.3, 0.4) is 0 Å². The summed E-state index contributed by atoms with van der Waals surface area (Å²) in [6.45, 7) is 1.83. The van der Waals surface area contributed by atoms with E-state index in [9.17, 15) is 4.79 Å². The summed E-state index contributed by atoms with van der Waals surface area (Å²) < 4.78 is 10.6. The number of methoxy groups -OCH3 is 1. The number of anilines is 1. The number of carbonyl (C=O) groups is 1. The average molecular weight is 392 g/mol. The molecule has 2 aromatic carbocycles. The zero-order valence-electron chi connectivity index (χ0n) is 15.2. The topological polar surface area (TPSA) is 90.1 Å². The van der Waals surface area contributed by atoms with Gasteiger partial charge in [0.1, 0.15) is 10.6 Å². The van der Waals surface area contributed by atoms with Crippen molar-refractivity contribution in [1.82, 2.24) is 15.1 Å². The highest BCUT2D eigenvalue weighted by atomic mass is 32.1. The van der Waals surface area contributed by atoms with Gasteiger partial charge in [-0.25, -0.2) is 4.98 Å². The monoisotopic (exact) mass is 392 g/mol. The lowest BCUT2D eigenvalue weighted by Crippen LogP contribution is -2.11. The van der Waals surface area contributed by atoms with E-state index in [1.807, 2.05) is 37.3 Å². The van der Waals surface area contributed by atoms with Gasteiger partial charge in [0.05, 0.1) is 12.8 Å².